The molecule has 2 N–H and O–H groups in total. The molecule has 39 heavy (non-hydrogen) atoms. The Kier molecular flexibility index (Phi) is 8.25. The predicted molar refractivity (Wildman–Crippen MR) is 148 cm³/mol. The fourth-order valence-electron chi connectivity index (χ4n) is 6.01. The molecule has 5 rings (SSSR count). The molecule has 2 atom stereocenters. The van der Waals surface area contributed by atoms with Crippen molar-refractivity contribution in [2.75, 3.05) is 19.7 Å². The number of ether oxygens (including phenoxy) is 1. The van der Waals surface area contributed by atoms with E-state index in [4.69, 9.17) is 4.74 Å². The number of hydrogen-bond donors (Lipinski definition) is 2. The zero-order valence-corrected chi connectivity index (χ0v) is 21.9. The van der Waals surface area contributed by atoms with E-state index < -0.39 is 12.1 Å². The molecule has 0 spiro atoms. The Morgan fingerprint density at radius 1 is 0.872 bits per heavy atom. The van der Waals surface area contributed by atoms with Crippen molar-refractivity contribution in [2.24, 2.45) is 11.8 Å². The van der Waals surface area contributed by atoms with Crippen LogP contribution < -0.4 is 5.32 Å². The van der Waals surface area contributed by atoms with Gasteiger partial charge in [0.25, 0.3) is 0 Å². The van der Waals surface area contributed by atoms with E-state index in [0.29, 0.717) is 13.1 Å². The van der Waals surface area contributed by atoms with Gasteiger partial charge in [0.05, 0.1) is 6.42 Å². The summed E-state index contributed by atoms with van der Waals surface area (Å²) in [4.78, 5) is 39.1. The van der Waals surface area contributed by atoms with Crippen molar-refractivity contribution < 1.29 is 24.2 Å². The van der Waals surface area contributed by atoms with Crippen LogP contribution in [0.4, 0.5) is 4.79 Å². The summed E-state index contributed by atoms with van der Waals surface area (Å²) in [6.07, 6.45) is 1.87. The van der Waals surface area contributed by atoms with Crippen LogP contribution in [0.3, 0.4) is 0 Å². The minimum absolute atomic E-state index is 0.00950. The van der Waals surface area contributed by atoms with E-state index >= 15 is 0 Å². The van der Waals surface area contributed by atoms with Gasteiger partial charge in [0, 0.05) is 31.5 Å². The summed E-state index contributed by atoms with van der Waals surface area (Å²) in [5.41, 5.74) is 5.64. The molecule has 0 aromatic heterocycles. The van der Waals surface area contributed by atoms with Crippen LogP contribution in [0, 0.1) is 11.8 Å². The summed E-state index contributed by atoms with van der Waals surface area (Å²) in [5.74, 6) is -1.25. The first kappa shape index (κ1) is 26.5. The zero-order valence-electron chi connectivity index (χ0n) is 21.9. The largest absolute Gasteiger partial charge is 0.481 e. The van der Waals surface area contributed by atoms with E-state index in [0.717, 1.165) is 36.0 Å². The molecule has 202 valence electrons. The molecule has 0 saturated heterocycles. The Balaban J connectivity index is 1.18. The molecule has 0 bridgehead atoms. The summed E-state index contributed by atoms with van der Waals surface area (Å²) < 4.78 is 5.68. The normalized spacial score (nSPS) is 17.7. The Morgan fingerprint density at radius 2 is 1.51 bits per heavy atom. The monoisotopic (exact) mass is 526 g/mol. The van der Waals surface area contributed by atoms with Crippen LogP contribution in [-0.4, -0.2) is 47.7 Å². The highest BCUT2D eigenvalue weighted by molar-refractivity contribution is 5.81. The second-order valence-corrected chi connectivity index (χ2v) is 10.4. The second kappa shape index (κ2) is 12.2. The molecule has 0 heterocycles. The van der Waals surface area contributed by atoms with Crippen molar-refractivity contribution in [2.45, 2.75) is 38.1 Å². The smallest absolute Gasteiger partial charge is 0.407 e. The molecular formula is C32H34N2O5. The van der Waals surface area contributed by atoms with Crippen LogP contribution in [0.25, 0.3) is 11.1 Å². The minimum Gasteiger partial charge on any atom is -0.481 e. The number of carbonyl (C=O) groups is 3. The average Bonchev–Trinajstić information content (AvgIpc) is 3.56. The van der Waals surface area contributed by atoms with E-state index in [2.05, 4.69) is 29.6 Å². The summed E-state index contributed by atoms with van der Waals surface area (Å²) in [5, 5.41) is 12.1. The lowest BCUT2D eigenvalue weighted by atomic mass is 9.94. The fraction of sp³-hybridized carbons (Fsp3) is 0.344. The van der Waals surface area contributed by atoms with Crippen molar-refractivity contribution in [1.29, 1.82) is 0 Å². The lowest BCUT2D eigenvalue weighted by molar-refractivity contribution is -0.140. The van der Waals surface area contributed by atoms with Gasteiger partial charge in [0.1, 0.15) is 6.61 Å². The third-order valence-corrected chi connectivity index (χ3v) is 7.95. The summed E-state index contributed by atoms with van der Waals surface area (Å²) in [7, 11) is 0. The lowest BCUT2D eigenvalue weighted by Crippen LogP contribution is -2.41. The second-order valence-electron chi connectivity index (χ2n) is 10.4. The van der Waals surface area contributed by atoms with Crippen LogP contribution in [0.15, 0.2) is 78.9 Å². The highest BCUT2D eigenvalue weighted by Gasteiger charge is 2.36. The molecule has 2 aliphatic rings. The van der Waals surface area contributed by atoms with E-state index in [-0.39, 0.29) is 43.2 Å². The molecular weight excluding hydrogens is 492 g/mol. The molecule has 2 aliphatic carbocycles. The molecule has 0 radical (unpaired) electrons. The predicted octanol–water partition coefficient (Wildman–Crippen LogP) is 5.44. The Morgan fingerprint density at radius 3 is 2.18 bits per heavy atom. The van der Waals surface area contributed by atoms with E-state index in [9.17, 15) is 19.5 Å². The SMILES string of the molecule is O=C(O)CCN(Cc1ccccc1)C(=O)C1CCCC1CNC(=O)OCC1c2ccccc2-c2ccccc21. The van der Waals surface area contributed by atoms with E-state index in [1.807, 2.05) is 54.6 Å². The molecule has 1 saturated carbocycles. The Hall–Kier alpha value is -4.13. The van der Waals surface area contributed by atoms with Crippen LogP contribution in [0.2, 0.25) is 0 Å². The topological polar surface area (TPSA) is 95.9 Å². The number of aliphatic carboxylic acids is 1. The maximum absolute atomic E-state index is 13.5. The Bertz CT molecular complexity index is 1280. The molecule has 1 fully saturated rings. The van der Waals surface area contributed by atoms with Gasteiger partial charge in [0.15, 0.2) is 0 Å². The van der Waals surface area contributed by atoms with E-state index in [1.54, 1.807) is 4.90 Å². The third kappa shape index (κ3) is 6.14. The quantitative estimate of drug-likeness (QED) is 0.367. The van der Waals surface area contributed by atoms with Gasteiger partial charge < -0.3 is 20.1 Å². The average molecular weight is 527 g/mol. The van der Waals surface area contributed by atoms with Crippen LogP contribution >= 0.6 is 0 Å². The van der Waals surface area contributed by atoms with Gasteiger partial charge in [-0.3, -0.25) is 9.59 Å². The molecule has 3 aromatic carbocycles. The molecule has 0 aliphatic heterocycles. The highest BCUT2D eigenvalue weighted by atomic mass is 16.5. The number of amides is 2. The first-order chi connectivity index (χ1) is 19.0. The Labute approximate surface area is 228 Å². The van der Waals surface area contributed by atoms with Crippen LogP contribution in [0.5, 0.6) is 0 Å². The van der Waals surface area contributed by atoms with Gasteiger partial charge in [-0.15, -0.1) is 0 Å². The first-order valence-corrected chi connectivity index (χ1v) is 13.6. The zero-order chi connectivity index (χ0) is 27.2. The number of carboxylic acid groups (broad SMARTS) is 1. The summed E-state index contributed by atoms with van der Waals surface area (Å²) >= 11 is 0. The third-order valence-electron chi connectivity index (χ3n) is 7.95. The van der Waals surface area contributed by atoms with Crippen molar-refractivity contribution in [3.05, 3.63) is 95.6 Å². The van der Waals surface area contributed by atoms with Gasteiger partial charge in [-0.2, -0.15) is 0 Å². The summed E-state index contributed by atoms with van der Waals surface area (Å²) in [6, 6.07) is 26.0. The standard InChI is InChI=1S/C32H34N2O5/c35-30(36)17-18-34(20-22-9-2-1-3-10-22)31(37)24-16-8-11-23(24)19-33-32(38)39-21-29-27-14-6-4-12-25(27)26-13-5-7-15-28(26)29/h1-7,9-10,12-15,23-24,29H,8,11,16-21H2,(H,33,38)(H,35,36). The maximum atomic E-state index is 13.5. The number of benzene rings is 3. The molecule has 7 heteroatoms. The number of carbonyl (C=O) groups excluding carboxylic acids is 2. The van der Waals surface area contributed by atoms with Crippen molar-refractivity contribution >= 4 is 18.0 Å². The van der Waals surface area contributed by atoms with Crippen LogP contribution in [-0.2, 0) is 20.9 Å². The number of carboxylic acids is 1. The van der Waals surface area contributed by atoms with Gasteiger partial charge in [-0.05, 0) is 46.6 Å². The lowest BCUT2D eigenvalue weighted by Gasteiger charge is -2.28. The number of nitrogens with zero attached hydrogens (tertiary/aromatic N) is 1. The number of rotatable bonds is 10. The molecule has 3 aromatic rings. The fourth-order valence-corrected chi connectivity index (χ4v) is 6.01. The highest BCUT2D eigenvalue weighted by Crippen LogP contribution is 2.44. The van der Waals surface area contributed by atoms with Crippen LogP contribution in [0.1, 0.15) is 48.3 Å². The number of nitrogens with one attached hydrogen (secondary N) is 1. The maximum Gasteiger partial charge on any atom is 0.407 e. The van der Waals surface area contributed by atoms with Crippen molar-refractivity contribution in [3.8, 4) is 11.1 Å². The van der Waals surface area contributed by atoms with E-state index in [1.165, 1.54) is 11.1 Å². The van der Waals surface area contributed by atoms with Gasteiger partial charge in [0.2, 0.25) is 5.91 Å². The van der Waals surface area contributed by atoms with Gasteiger partial charge >= 0.3 is 12.1 Å². The first-order valence-electron chi connectivity index (χ1n) is 13.6. The summed E-state index contributed by atoms with van der Waals surface area (Å²) in [6.45, 7) is 1.13. The van der Waals surface area contributed by atoms with Gasteiger partial charge in [-0.1, -0.05) is 85.3 Å². The van der Waals surface area contributed by atoms with Crippen molar-refractivity contribution in [3.63, 3.8) is 0 Å². The van der Waals surface area contributed by atoms with Gasteiger partial charge in [-0.25, -0.2) is 4.79 Å². The molecule has 2 unspecified atom stereocenters. The molecule has 7 nitrogen and oxygen atoms in total. The molecule has 2 amide bonds. The number of alkyl carbamates (subject to hydrolysis) is 1. The number of hydrogen-bond acceptors (Lipinski definition) is 4. The van der Waals surface area contributed by atoms with Crippen molar-refractivity contribution in [1.82, 2.24) is 10.2 Å². The minimum atomic E-state index is -0.930. The number of fused-ring (bicyclic) bond motifs is 3.